The fourth-order valence-electron chi connectivity index (χ4n) is 1.85. The van der Waals surface area contributed by atoms with Crippen LogP contribution < -0.4 is 0 Å². The van der Waals surface area contributed by atoms with Crippen LogP contribution in [0.4, 0.5) is 0 Å². The van der Waals surface area contributed by atoms with Crippen molar-refractivity contribution in [1.29, 1.82) is 5.26 Å². The second kappa shape index (κ2) is 4.28. The molecule has 0 bridgehead atoms. The topological polar surface area (TPSA) is 41.6 Å². The normalized spacial score (nSPS) is 15.1. The molecule has 2 heterocycles. The molecule has 1 aliphatic heterocycles. The molecule has 0 fully saturated rings. The molecule has 1 aromatic rings. The van der Waals surface area contributed by atoms with Gasteiger partial charge in [0.15, 0.2) is 0 Å². The molecule has 0 spiro atoms. The van der Waals surface area contributed by atoms with E-state index in [1.165, 1.54) is 5.56 Å². The van der Waals surface area contributed by atoms with Crippen LogP contribution in [0.2, 0.25) is 0 Å². The van der Waals surface area contributed by atoms with E-state index >= 15 is 0 Å². The number of aromatic nitrogens is 2. The zero-order valence-electron chi connectivity index (χ0n) is 9.16. The minimum Gasteiger partial charge on any atom is -0.254 e. The lowest BCUT2D eigenvalue weighted by Gasteiger charge is -2.08. The lowest BCUT2D eigenvalue weighted by Crippen LogP contribution is -2.08. The largest absolute Gasteiger partial charge is 0.254 e. The van der Waals surface area contributed by atoms with Crippen LogP contribution in [0.1, 0.15) is 30.8 Å². The number of fused-ring (bicyclic) bond motifs is 1. The Kier molecular flexibility index (Phi) is 3.01. The number of thioether (sulfide) groups is 1. The summed E-state index contributed by atoms with van der Waals surface area (Å²) in [5, 5.41) is 13.7. The summed E-state index contributed by atoms with van der Waals surface area (Å²) in [6.45, 7) is 5.15. The summed E-state index contributed by atoms with van der Waals surface area (Å²) in [7, 11) is 0. The van der Waals surface area contributed by atoms with Gasteiger partial charge in [-0.3, -0.25) is 4.68 Å². The average molecular weight is 221 g/mol. The van der Waals surface area contributed by atoms with Crippen molar-refractivity contribution in [3.8, 4) is 6.07 Å². The minimum atomic E-state index is 0.533. The van der Waals surface area contributed by atoms with Crippen molar-refractivity contribution in [2.75, 3.05) is 5.75 Å². The van der Waals surface area contributed by atoms with Crippen LogP contribution in [0, 0.1) is 17.2 Å². The van der Waals surface area contributed by atoms with Crippen molar-refractivity contribution >= 4 is 11.8 Å². The van der Waals surface area contributed by atoms with Crippen molar-refractivity contribution in [2.24, 2.45) is 5.92 Å². The fraction of sp³-hybridized carbons (Fsp3) is 0.636. The molecule has 0 amide bonds. The van der Waals surface area contributed by atoms with E-state index in [0.717, 1.165) is 35.9 Å². The van der Waals surface area contributed by atoms with Crippen LogP contribution in [-0.4, -0.2) is 15.5 Å². The monoisotopic (exact) mass is 221 g/mol. The molecule has 1 aliphatic rings. The highest BCUT2D eigenvalue weighted by molar-refractivity contribution is 7.98. The van der Waals surface area contributed by atoms with Crippen LogP contribution in [0.5, 0.6) is 0 Å². The van der Waals surface area contributed by atoms with E-state index in [1.807, 2.05) is 16.4 Å². The zero-order valence-corrected chi connectivity index (χ0v) is 9.97. The summed E-state index contributed by atoms with van der Waals surface area (Å²) >= 11 is 1.89. The maximum absolute atomic E-state index is 9.16. The van der Waals surface area contributed by atoms with Crippen LogP contribution in [0.15, 0.2) is 0 Å². The van der Waals surface area contributed by atoms with Gasteiger partial charge in [-0.2, -0.15) is 22.1 Å². The van der Waals surface area contributed by atoms with Crippen molar-refractivity contribution in [1.82, 2.24) is 9.78 Å². The molecule has 0 radical (unpaired) electrons. The van der Waals surface area contributed by atoms with Gasteiger partial charge < -0.3 is 0 Å². The molecule has 80 valence electrons. The number of hydrogen-bond acceptors (Lipinski definition) is 3. The summed E-state index contributed by atoms with van der Waals surface area (Å²) in [5.41, 5.74) is 3.10. The quantitative estimate of drug-likeness (QED) is 0.768. The molecule has 1 aromatic heterocycles. The molecule has 3 nitrogen and oxygen atoms in total. The third-order valence-corrected chi connectivity index (χ3v) is 3.49. The van der Waals surface area contributed by atoms with E-state index in [4.69, 9.17) is 5.26 Å². The van der Waals surface area contributed by atoms with Gasteiger partial charge in [-0.15, -0.1) is 0 Å². The molecule has 0 saturated carbocycles. The highest BCUT2D eigenvalue weighted by Crippen LogP contribution is 2.27. The Morgan fingerprint density at radius 2 is 2.40 bits per heavy atom. The molecule has 15 heavy (non-hydrogen) atoms. The Hall–Kier alpha value is -0.950. The van der Waals surface area contributed by atoms with Gasteiger partial charge in [0, 0.05) is 24.3 Å². The van der Waals surface area contributed by atoms with Crippen LogP contribution in [0.25, 0.3) is 0 Å². The first-order valence-electron chi connectivity index (χ1n) is 5.28. The SMILES string of the molecule is CC(C)Cn1nc2c(c1C#N)CSCC2. The second-order valence-electron chi connectivity index (χ2n) is 4.26. The first-order valence-corrected chi connectivity index (χ1v) is 6.44. The first-order chi connectivity index (χ1) is 7.22. The van der Waals surface area contributed by atoms with E-state index in [2.05, 4.69) is 25.0 Å². The summed E-state index contributed by atoms with van der Waals surface area (Å²) in [4.78, 5) is 0. The Bertz CT molecular complexity index is 401. The molecule has 0 unspecified atom stereocenters. The maximum atomic E-state index is 9.16. The van der Waals surface area contributed by atoms with Gasteiger partial charge in [0.05, 0.1) is 5.69 Å². The Balaban J connectivity index is 2.38. The van der Waals surface area contributed by atoms with Gasteiger partial charge in [0.25, 0.3) is 0 Å². The zero-order chi connectivity index (χ0) is 10.8. The summed E-state index contributed by atoms with van der Waals surface area (Å²) in [6, 6.07) is 2.30. The lowest BCUT2D eigenvalue weighted by atomic mass is 10.1. The van der Waals surface area contributed by atoms with Crippen molar-refractivity contribution in [3.63, 3.8) is 0 Å². The summed E-state index contributed by atoms with van der Waals surface area (Å²) in [6.07, 6.45) is 1.01. The summed E-state index contributed by atoms with van der Waals surface area (Å²) in [5.74, 6) is 2.62. The third-order valence-electron chi connectivity index (χ3n) is 2.51. The second-order valence-corrected chi connectivity index (χ2v) is 5.37. The van der Waals surface area contributed by atoms with Gasteiger partial charge in [0.2, 0.25) is 0 Å². The fourth-order valence-corrected chi connectivity index (χ4v) is 2.84. The predicted octanol–water partition coefficient (Wildman–Crippen LogP) is 2.20. The number of nitrogens with zero attached hydrogens (tertiary/aromatic N) is 3. The Morgan fingerprint density at radius 1 is 1.60 bits per heavy atom. The molecular formula is C11H15N3S. The number of aryl methyl sites for hydroxylation is 1. The predicted molar refractivity (Wildman–Crippen MR) is 61.6 cm³/mol. The molecule has 0 aliphatic carbocycles. The smallest absolute Gasteiger partial charge is 0.142 e. The molecule has 4 heteroatoms. The third kappa shape index (κ3) is 2.03. The highest BCUT2D eigenvalue weighted by atomic mass is 32.2. The van der Waals surface area contributed by atoms with Crippen LogP contribution >= 0.6 is 11.8 Å². The van der Waals surface area contributed by atoms with Crippen molar-refractivity contribution in [2.45, 2.75) is 32.6 Å². The van der Waals surface area contributed by atoms with E-state index in [9.17, 15) is 0 Å². The minimum absolute atomic E-state index is 0.533. The highest BCUT2D eigenvalue weighted by Gasteiger charge is 2.20. The number of hydrogen-bond donors (Lipinski definition) is 0. The summed E-state index contributed by atoms with van der Waals surface area (Å²) < 4.78 is 1.89. The van der Waals surface area contributed by atoms with E-state index in [0.29, 0.717) is 5.92 Å². The van der Waals surface area contributed by atoms with Gasteiger partial charge in [-0.1, -0.05) is 13.8 Å². The van der Waals surface area contributed by atoms with Gasteiger partial charge in [-0.25, -0.2) is 0 Å². The van der Waals surface area contributed by atoms with Crippen LogP contribution in [-0.2, 0) is 18.7 Å². The van der Waals surface area contributed by atoms with E-state index < -0.39 is 0 Å². The molecule has 0 atom stereocenters. The van der Waals surface area contributed by atoms with Crippen LogP contribution in [0.3, 0.4) is 0 Å². The molecule has 2 rings (SSSR count). The van der Waals surface area contributed by atoms with Gasteiger partial charge in [-0.05, 0) is 11.7 Å². The van der Waals surface area contributed by atoms with Gasteiger partial charge in [0.1, 0.15) is 11.8 Å². The number of nitriles is 1. The Labute approximate surface area is 94.5 Å². The molecule has 0 N–H and O–H groups in total. The molecule has 0 aromatic carbocycles. The Morgan fingerprint density at radius 3 is 3.07 bits per heavy atom. The van der Waals surface area contributed by atoms with E-state index in [1.54, 1.807) is 0 Å². The number of rotatable bonds is 2. The van der Waals surface area contributed by atoms with Crippen molar-refractivity contribution in [3.05, 3.63) is 17.0 Å². The average Bonchev–Trinajstić information content (AvgIpc) is 2.53. The van der Waals surface area contributed by atoms with E-state index in [-0.39, 0.29) is 0 Å². The van der Waals surface area contributed by atoms with Crippen molar-refractivity contribution < 1.29 is 0 Å². The molecule has 0 saturated heterocycles. The molecular weight excluding hydrogens is 206 g/mol. The lowest BCUT2D eigenvalue weighted by molar-refractivity contribution is 0.476. The maximum Gasteiger partial charge on any atom is 0.142 e. The van der Waals surface area contributed by atoms with Gasteiger partial charge >= 0.3 is 0 Å². The standard InChI is InChI=1S/C11H15N3S/c1-8(2)6-14-11(5-12)9-7-15-4-3-10(9)13-14/h8H,3-4,6-7H2,1-2H3. The first kappa shape index (κ1) is 10.6.